The van der Waals surface area contributed by atoms with Crippen LogP contribution in [-0.2, 0) is 4.79 Å². The van der Waals surface area contributed by atoms with Crippen LogP contribution in [0.25, 0.3) is 0 Å². The van der Waals surface area contributed by atoms with E-state index in [4.69, 9.17) is 0 Å². The van der Waals surface area contributed by atoms with E-state index in [1.54, 1.807) is 11.3 Å². The van der Waals surface area contributed by atoms with Crippen molar-refractivity contribution in [1.82, 2.24) is 5.32 Å². The smallest absolute Gasteiger partial charge is 0.221 e. The third-order valence-electron chi connectivity index (χ3n) is 3.83. The first kappa shape index (κ1) is 14.1. The van der Waals surface area contributed by atoms with Crippen LogP contribution in [0.3, 0.4) is 0 Å². The molecule has 1 amide bonds. The van der Waals surface area contributed by atoms with Crippen molar-refractivity contribution in [2.45, 2.75) is 25.3 Å². The Bertz CT molecular complexity index is 603. The topological polar surface area (TPSA) is 29.1 Å². The van der Waals surface area contributed by atoms with Gasteiger partial charge in [-0.15, -0.1) is 11.3 Å². The van der Waals surface area contributed by atoms with E-state index < -0.39 is 0 Å². The number of rotatable bonds is 5. The van der Waals surface area contributed by atoms with Crippen molar-refractivity contribution in [2.24, 2.45) is 5.92 Å². The Kier molecular flexibility index (Phi) is 4.51. The van der Waals surface area contributed by atoms with Crippen LogP contribution in [0, 0.1) is 5.92 Å². The van der Waals surface area contributed by atoms with E-state index in [-0.39, 0.29) is 11.9 Å². The largest absolute Gasteiger partial charge is 0.344 e. The molecule has 0 aliphatic heterocycles. The molecule has 0 saturated carbocycles. The average Bonchev–Trinajstić information content (AvgIpc) is 3.19. The molecule has 21 heavy (non-hydrogen) atoms. The summed E-state index contributed by atoms with van der Waals surface area (Å²) < 4.78 is 0. The van der Waals surface area contributed by atoms with Gasteiger partial charge in [0, 0.05) is 11.3 Å². The Labute approximate surface area is 129 Å². The first-order valence-corrected chi connectivity index (χ1v) is 8.25. The summed E-state index contributed by atoms with van der Waals surface area (Å²) in [5.74, 6) is 0.540. The second kappa shape index (κ2) is 6.72. The molecule has 1 aromatic carbocycles. The lowest BCUT2D eigenvalue weighted by Gasteiger charge is -2.19. The second-order valence-electron chi connectivity index (χ2n) is 5.40. The summed E-state index contributed by atoms with van der Waals surface area (Å²) in [5, 5.41) is 5.25. The second-order valence-corrected chi connectivity index (χ2v) is 6.38. The van der Waals surface area contributed by atoms with Gasteiger partial charge in [0.15, 0.2) is 0 Å². The molecular weight excluding hydrogens is 278 g/mol. The molecule has 0 fully saturated rings. The Hall–Kier alpha value is -1.87. The van der Waals surface area contributed by atoms with E-state index in [2.05, 4.69) is 41.0 Å². The standard InChI is InChI=1S/C18H19NOS/c20-17(13-14-7-4-5-8-14)19-18(16-11-6-12-21-16)15-9-2-1-3-10-15/h1-4,6-7,9-12,14,18H,5,8,13H2,(H,19,20)/t14-,18+/m1/s1. The molecule has 1 aliphatic carbocycles. The Balaban J connectivity index is 1.73. The predicted molar refractivity (Wildman–Crippen MR) is 87.2 cm³/mol. The number of hydrogen-bond donors (Lipinski definition) is 1. The van der Waals surface area contributed by atoms with E-state index in [1.807, 2.05) is 24.3 Å². The SMILES string of the molecule is O=C(C[C@@H]1C=CCC1)N[C@@H](c1ccccc1)c1cccs1. The van der Waals surface area contributed by atoms with E-state index in [9.17, 15) is 4.79 Å². The zero-order valence-electron chi connectivity index (χ0n) is 11.9. The number of benzene rings is 1. The minimum Gasteiger partial charge on any atom is -0.344 e. The minimum atomic E-state index is -0.0379. The molecule has 2 aromatic rings. The summed E-state index contributed by atoms with van der Waals surface area (Å²) in [4.78, 5) is 13.5. The van der Waals surface area contributed by atoms with Crippen LogP contribution in [0.4, 0.5) is 0 Å². The Morgan fingerprint density at radius 3 is 2.76 bits per heavy atom. The molecule has 1 aliphatic rings. The van der Waals surface area contributed by atoms with Crippen molar-refractivity contribution in [3.8, 4) is 0 Å². The van der Waals surface area contributed by atoms with Crippen molar-refractivity contribution < 1.29 is 4.79 Å². The van der Waals surface area contributed by atoms with Gasteiger partial charge in [0.1, 0.15) is 0 Å². The molecule has 0 bridgehead atoms. The summed E-state index contributed by atoms with van der Waals surface area (Å²) in [6.07, 6.45) is 7.13. The summed E-state index contributed by atoms with van der Waals surface area (Å²) in [6, 6.07) is 14.2. The summed E-state index contributed by atoms with van der Waals surface area (Å²) in [5.41, 5.74) is 1.13. The van der Waals surface area contributed by atoms with Gasteiger partial charge in [-0.25, -0.2) is 0 Å². The molecule has 1 aromatic heterocycles. The molecule has 0 spiro atoms. The molecule has 2 atom stereocenters. The molecule has 0 saturated heterocycles. The van der Waals surface area contributed by atoms with Gasteiger partial charge in [-0.3, -0.25) is 4.79 Å². The van der Waals surface area contributed by atoms with Crippen molar-refractivity contribution in [3.05, 3.63) is 70.4 Å². The van der Waals surface area contributed by atoms with Crippen LogP contribution >= 0.6 is 11.3 Å². The maximum Gasteiger partial charge on any atom is 0.221 e. The zero-order valence-corrected chi connectivity index (χ0v) is 12.7. The number of thiophene rings is 1. The zero-order chi connectivity index (χ0) is 14.5. The van der Waals surface area contributed by atoms with Crippen LogP contribution in [0.1, 0.15) is 35.7 Å². The fourth-order valence-corrected chi connectivity index (χ4v) is 3.55. The van der Waals surface area contributed by atoms with E-state index >= 15 is 0 Å². The van der Waals surface area contributed by atoms with Crippen LogP contribution in [0.5, 0.6) is 0 Å². The molecule has 2 nitrogen and oxygen atoms in total. The van der Waals surface area contributed by atoms with E-state index in [0.717, 1.165) is 18.4 Å². The first-order valence-electron chi connectivity index (χ1n) is 7.37. The molecule has 108 valence electrons. The summed E-state index contributed by atoms with van der Waals surface area (Å²) in [7, 11) is 0. The highest BCUT2D eigenvalue weighted by molar-refractivity contribution is 7.10. The van der Waals surface area contributed by atoms with Gasteiger partial charge in [-0.2, -0.15) is 0 Å². The molecular formula is C18H19NOS. The number of amides is 1. The quantitative estimate of drug-likeness (QED) is 0.819. The number of hydrogen-bond acceptors (Lipinski definition) is 2. The fraction of sp³-hybridized carbons (Fsp3) is 0.278. The molecule has 1 heterocycles. The molecule has 3 rings (SSSR count). The third kappa shape index (κ3) is 3.61. The minimum absolute atomic E-state index is 0.0379. The predicted octanol–water partition coefficient (Wildman–Crippen LogP) is 4.31. The van der Waals surface area contributed by atoms with Gasteiger partial charge in [0.05, 0.1) is 6.04 Å². The molecule has 3 heteroatoms. The average molecular weight is 297 g/mol. The lowest BCUT2D eigenvalue weighted by Crippen LogP contribution is -2.29. The van der Waals surface area contributed by atoms with Crippen molar-refractivity contribution in [1.29, 1.82) is 0 Å². The summed E-state index contributed by atoms with van der Waals surface area (Å²) in [6.45, 7) is 0. The number of carbonyl (C=O) groups excluding carboxylic acids is 1. The first-order chi connectivity index (χ1) is 10.3. The van der Waals surface area contributed by atoms with Gasteiger partial charge in [0.25, 0.3) is 0 Å². The number of nitrogens with one attached hydrogen (secondary N) is 1. The lowest BCUT2D eigenvalue weighted by atomic mass is 10.0. The summed E-state index contributed by atoms with van der Waals surface area (Å²) >= 11 is 1.68. The monoisotopic (exact) mass is 297 g/mol. The van der Waals surface area contributed by atoms with Gasteiger partial charge >= 0.3 is 0 Å². The maximum atomic E-state index is 12.3. The molecule has 0 radical (unpaired) electrons. The molecule has 1 N–H and O–H groups in total. The van der Waals surface area contributed by atoms with Crippen LogP contribution in [0.15, 0.2) is 60.0 Å². The Morgan fingerprint density at radius 1 is 1.24 bits per heavy atom. The van der Waals surface area contributed by atoms with E-state index in [1.165, 1.54) is 4.88 Å². The number of carbonyl (C=O) groups is 1. The van der Waals surface area contributed by atoms with Gasteiger partial charge in [-0.1, -0.05) is 48.6 Å². The van der Waals surface area contributed by atoms with Crippen LogP contribution < -0.4 is 5.32 Å². The lowest BCUT2D eigenvalue weighted by molar-refractivity contribution is -0.122. The maximum absolute atomic E-state index is 12.3. The molecule has 0 unspecified atom stereocenters. The van der Waals surface area contributed by atoms with Gasteiger partial charge < -0.3 is 5.32 Å². The van der Waals surface area contributed by atoms with Gasteiger partial charge in [0.2, 0.25) is 5.91 Å². The highest BCUT2D eigenvalue weighted by atomic mass is 32.1. The Morgan fingerprint density at radius 2 is 2.10 bits per heavy atom. The van der Waals surface area contributed by atoms with Gasteiger partial charge in [-0.05, 0) is 35.8 Å². The fourth-order valence-electron chi connectivity index (χ4n) is 2.74. The van der Waals surface area contributed by atoms with Crippen molar-refractivity contribution >= 4 is 17.2 Å². The van der Waals surface area contributed by atoms with Crippen LogP contribution in [0.2, 0.25) is 0 Å². The highest BCUT2D eigenvalue weighted by Gasteiger charge is 2.20. The highest BCUT2D eigenvalue weighted by Crippen LogP contribution is 2.27. The number of allylic oxidation sites excluding steroid dienone is 2. The van der Waals surface area contributed by atoms with Crippen molar-refractivity contribution in [3.63, 3.8) is 0 Å². The normalized spacial score (nSPS) is 18.6. The van der Waals surface area contributed by atoms with Crippen LogP contribution in [-0.4, -0.2) is 5.91 Å². The van der Waals surface area contributed by atoms with Crippen molar-refractivity contribution in [2.75, 3.05) is 0 Å². The van der Waals surface area contributed by atoms with E-state index in [0.29, 0.717) is 12.3 Å². The third-order valence-corrected chi connectivity index (χ3v) is 4.76.